The molecule has 3 aromatic rings. The van der Waals surface area contributed by atoms with Gasteiger partial charge < -0.3 is 10.2 Å². The van der Waals surface area contributed by atoms with Crippen molar-refractivity contribution in [2.45, 2.75) is 33.6 Å². The van der Waals surface area contributed by atoms with Crippen LogP contribution in [0.15, 0.2) is 48.5 Å². The van der Waals surface area contributed by atoms with Gasteiger partial charge in [0.25, 0.3) is 0 Å². The molecule has 148 valence electrons. The van der Waals surface area contributed by atoms with Crippen LogP contribution in [-0.4, -0.2) is 21.2 Å². The third-order valence-corrected chi connectivity index (χ3v) is 5.86. The van der Waals surface area contributed by atoms with Gasteiger partial charge in [-0.25, -0.2) is 9.78 Å². The Morgan fingerprint density at radius 3 is 2.55 bits per heavy atom. The van der Waals surface area contributed by atoms with E-state index in [0.717, 1.165) is 28.8 Å². The van der Waals surface area contributed by atoms with Gasteiger partial charge in [0.15, 0.2) is 0 Å². The highest BCUT2D eigenvalue weighted by molar-refractivity contribution is 6.06. The van der Waals surface area contributed by atoms with E-state index in [2.05, 4.69) is 20.8 Å². The lowest BCUT2D eigenvalue weighted by Gasteiger charge is -2.36. The average molecular weight is 387 g/mol. The number of hydrogen-bond acceptors (Lipinski definition) is 3. The Balaban J connectivity index is 2.00. The number of benzene rings is 2. The van der Waals surface area contributed by atoms with Crippen LogP contribution in [0.3, 0.4) is 0 Å². The number of aromatic nitrogens is 1. The summed E-state index contributed by atoms with van der Waals surface area (Å²) in [6.07, 6.45) is 3.54. The van der Waals surface area contributed by atoms with E-state index in [0.29, 0.717) is 28.8 Å². The Hall–Kier alpha value is -3.14. The van der Waals surface area contributed by atoms with Crippen LogP contribution in [0.5, 0.6) is 5.75 Å². The molecule has 0 unspecified atom stereocenters. The van der Waals surface area contributed by atoms with E-state index in [1.807, 2.05) is 42.5 Å². The number of pyridine rings is 1. The quantitative estimate of drug-likeness (QED) is 0.584. The van der Waals surface area contributed by atoms with E-state index in [9.17, 15) is 15.0 Å². The van der Waals surface area contributed by atoms with E-state index in [1.54, 1.807) is 12.1 Å². The van der Waals surface area contributed by atoms with Crippen LogP contribution in [0, 0.1) is 11.3 Å². The summed E-state index contributed by atoms with van der Waals surface area (Å²) in [4.78, 5) is 17.2. The lowest BCUT2D eigenvalue weighted by molar-refractivity contribution is 0.0696. The molecule has 1 aliphatic rings. The molecule has 4 heteroatoms. The Labute approximate surface area is 170 Å². The first kappa shape index (κ1) is 19.2. The fourth-order valence-corrected chi connectivity index (χ4v) is 4.20. The second-order valence-corrected chi connectivity index (χ2v) is 8.87. The van der Waals surface area contributed by atoms with Crippen molar-refractivity contribution in [1.29, 1.82) is 0 Å². The number of fused-ring (bicyclic) bond motifs is 2. The van der Waals surface area contributed by atoms with Crippen LogP contribution in [0.2, 0.25) is 0 Å². The topological polar surface area (TPSA) is 70.4 Å². The summed E-state index contributed by atoms with van der Waals surface area (Å²) in [5.41, 5.74) is 4.56. The van der Waals surface area contributed by atoms with E-state index >= 15 is 0 Å². The summed E-state index contributed by atoms with van der Waals surface area (Å²) in [5.74, 6) is -0.411. The second kappa shape index (κ2) is 7.03. The molecular weight excluding hydrogens is 362 g/mol. The molecule has 2 N–H and O–H groups in total. The van der Waals surface area contributed by atoms with Crippen LogP contribution >= 0.6 is 0 Å². The highest BCUT2D eigenvalue weighted by atomic mass is 16.4. The molecule has 29 heavy (non-hydrogen) atoms. The van der Waals surface area contributed by atoms with Gasteiger partial charge in [0.1, 0.15) is 5.75 Å². The van der Waals surface area contributed by atoms with Crippen LogP contribution in [0.4, 0.5) is 0 Å². The van der Waals surface area contributed by atoms with Gasteiger partial charge in [-0.05, 0) is 65.1 Å². The number of rotatable bonds is 2. The van der Waals surface area contributed by atoms with Gasteiger partial charge in [-0.2, -0.15) is 0 Å². The normalized spacial score (nSPS) is 18.0. The molecule has 0 aliphatic heterocycles. The number of phenolic OH excluding ortho intramolecular Hbond substituents is 1. The number of carboxylic acids is 1. The Bertz CT molecular complexity index is 1140. The van der Waals surface area contributed by atoms with Gasteiger partial charge >= 0.3 is 5.97 Å². The number of carboxylic acid groups (broad SMARTS) is 1. The first-order valence-corrected chi connectivity index (χ1v) is 9.89. The average Bonchev–Trinajstić information content (AvgIpc) is 2.65. The number of aromatic carboxylic acids is 1. The van der Waals surface area contributed by atoms with Crippen LogP contribution in [-0.2, 0) is 6.42 Å². The van der Waals surface area contributed by atoms with Crippen molar-refractivity contribution < 1.29 is 15.0 Å². The molecule has 0 bridgehead atoms. The lowest BCUT2D eigenvalue weighted by Crippen LogP contribution is -2.28. The Morgan fingerprint density at radius 2 is 1.86 bits per heavy atom. The predicted molar refractivity (Wildman–Crippen MR) is 116 cm³/mol. The molecule has 0 saturated heterocycles. The molecule has 0 amide bonds. The van der Waals surface area contributed by atoms with Crippen molar-refractivity contribution in [2.24, 2.45) is 11.3 Å². The third-order valence-electron chi connectivity index (χ3n) is 5.86. The number of nitrogens with zero attached hydrogens (tertiary/aromatic N) is 1. The number of hydrogen-bond donors (Lipinski definition) is 2. The number of aromatic hydroxyl groups is 1. The number of allylic oxidation sites excluding steroid dienone is 1. The third kappa shape index (κ3) is 3.63. The summed E-state index contributed by atoms with van der Waals surface area (Å²) in [5, 5.41) is 20.6. The monoisotopic (exact) mass is 387 g/mol. The van der Waals surface area contributed by atoms with Crippen molar-refractivity contribution in [1.82, 2.24) is 4.98 Å². The first-order valence-electron chi connectivity index (χ1n) is 9.89. The minimum Gasteiger partial charge on any atom is -0.508 e. The largest absolute Gasteiger partial charge is 0.508 e. The molecule has 0 spiro atoms. The van der Waals surface area contributed by atoms with Crippen molar-refractivity contribution in [3.63, 3.8) is 0 Å². The predicted octanol–water partition coefficient (Wildman–Crippen LogP) is 5.79. The minimum absolute atomic E-state index is 0.0248. The second-order valence-electron chi connectivity index (χ2n) is 8.87. The molecule has 1 atom stereocenters. The van der Waals surface area contributed by atoms with Gasteiger partial charge in [-0.15, -0.1) is 0 Å². The fraction of sp³-hybridized carbons (Fsp3) is 0.280. The molecule has 4 nitrogen and oxygen atoms in total. The molecule has 2 aromatic carbocycles. The molecule has 0 fully saturated rings. The number of carbonyl (C=O) groups is 1. The summed E-state index contributed by atoms with van der Waals surface area (Å²) in [6.45, 7) is 6.59. The van der Waals surface area contributed by atoms with Gasteiger partial charge in [-0.1, -0.05) is 51.1 Å². The van der Waals surface area contributed by atoms with Crippen LogP contribution < -0.4 is 0 Å². The van der Waals surface area contributed by atoms with Crippen LogP contribution in [0.1, 0.15) is 54.4 Å². The highest BCUT2D eigenvalue weighted by Crippen LogP contribution is 2.44. The highest BCUT2D eigenvalue weighted by Gasteiger charge is 2.35. The summed E-state index contributed by atoms with van der Waals surface area (Å²) < 4.78 is 0. The van der Waals surface area contributed by atoms with E-state index in [4.69, 9.17) is 4.98 Å². The standard InChI is InChI=1S/C25H25NO3/c1-25(2,3)17-13-16(11-15-7-6-8-18(27)12-15)23-20(14-17)22(24(28)29)19-9-4-5-10-21(19)26-23/h4-12,17,27H,13-14H2,1-3H3,(H,28,29)/b16-11+/t17-/m0/s1. The SMILES string of the molecule is CC(C)(C)[C@H]1C/C(=C\c2cccc(O)c2)c2nc3ccccc3c(C(=O)O)c2C1. The molecule has 1 aromatic heterocycles. The zero-order valence-electron chi connectivity index (χ0n) is 16.9. The van der Waals surface area contributed by atoms with Crippen molar-refractivity contribution >= 4 is 28.5 Å². The Kier molecular flexibility index (Phi) is 4.65. The van der Waals surface area contributed by atoms with Crippen LogP contribution in [0.25, 0.3) is 22.6 Å². The van der Waals surface area contributed by atoms with Crippen molar-refractivity contribution in [2.75, 3.05) is 0 Å². The minimum atomic E-state index is -0.911. The van der Waals surface area contributed by atoms with Gasteiger partial charge in [0, 0.05) is 5.39 Å². The molecular formula is C25H25NO3. The molecule has 1 heterocycles. The maximum absolute atomic E-state index is 12.3. The van der Waals surface area contributed by atoms with E-state index < -0.39 is 5.97 Å². The summed E-state index contributed by atoms with van der Waals surface area (Å²) in [6, 6.07) is 14.5. The number of para-hydroxylation sites is 1. The maximum Gasteiger partial charge on any atom is 0.336 e. The van der Waals surface area contributed by atoms with E-state index in [1.165, 1.54) is 0 Å². The van der Waals surface area contributed by atoms with Crippen molar-refractivity contribution in [3.05, 3.63) is 70.9 Å². The lowest BCUT2D eigenvalue weighted by atomic mass is 9.69. The van der Waals surface area contributed by atoms with Gasteiger partial charge in [0.2, 0.25) is 0 Å². The van der Waals surface area contributed by atoms with Gasteiger partial charge in [-0.3, -0.25) is 0 Å². The fourth-order valence-electron chi connectivity index (χ4n) is 4.20. The first-order chi connectivity index (χ1) is 13.7. The number of phenols is 1. The zero-order valence-corrected chi connectivity index (χ0v) is 16.9. The van der Waals surface area contributed by atoms with Crippen molar-refractivity contribution in [3.8, 4) is 5.75 Å². The molecule has 0 saturated carbocycles. The molecule has 4 rings (SSSR count). The van der Waals surface area contributed by atoms with E-state index in [-0.39, 0.29) is 11.2 Å². The maximum atomic E-state index is 12.3. The summed E-state index contributed by atoms with van der Waals surface area (Å²) in [7, 11) is 0. The zero-order chi connectivity index (χ0) is 20.8. The molecule has 0 radical (unpaired) electrons. The molecule has 1 aliphatic carbocycles. The smallest absolute Gasteiger partial charge is 0.336 e. The summed E-state index contributed by atoms with van der Waals surface area (Å²) >= 11 is 0. The Morgan fingerprint density at radius 1 is 1.10 bits per heavy atom. The van der Waals surface area contributed by atoms with Gasteiger partial charge in [0.05, 0.1) is 16.8 Å².